The highest BCUT2D eigenvalue weighted by atomic mass is 35.5. The number of allylic oxidation sites excluding steroid dienone is 8. The van der Waals surface area contributed by atoms with Crippen LogP contribution in [0.25, 0.3) is 21.5 Å². The van der Waals surface area contributed by atoms with Gasteiger partial charge >= 0.3 is 0 Å². The van der Waals surface area contributed by atoms with Crippen LogP contribution in [0.3, 0.4) is 0 Å². The average molecular weight is 726 g/mol. The Morgan fingerprint density at radius 3 is 2.06 bits per heavy atom. The first-order chi connectivity index (χ1) is 25.4. The molecular formula is C48H58ClN4+. The van der Waals surface area contributed by atoms with E-state index in [-0.39, 0.29) is 10.8 Å². The number of hydrogen-bond donors (Lipinski definition) is 0. The zero-order chi connectivity index (χ0) is 37.5. The third kappa shape index (κ3) is 7.07. The number of benzene rings is 4. The molecule has 0 aromatic heterocycles. The van der Waals surface area contributed by atoms with Crippen LogP contribution in [0.1, 0.15) is 70.9 Å². The number of halogens is 1. The van der Waals surface area contributed by atoms with Crippen molar-refractivity contribution in [3.8, 4) is 0 Å². The van der Waals surface area contributed by atoms with Gasteiger partial charge < -0.3 is 14.7 Å². The fourth-order valence-corrected chi connectivity index (χ4v) is 9.52. The topological polar surface area (TPSA) is 12.7 Å². The van der Waals surface area contributed by atoms with Gasteiger partial charge in [-0.2, -0.15) is 4.58 Å². The van der Waals surface area contributed by atoms with Gasteiger partial charge in [0.05, 0.1) is 5.41 Å². The Labute approximate surface area is 323 Å². The lowest BCUT2D eigenvalue weighted by Crippen LogP contribution is -2.29. The molecule has 3 aliphatic rings. The van der Waals surface area contributed by atoms with Gasteiger partial charge in [-0.1, -0.05) is 92.2 Å². The minimum Gasteiger partial charge on any atom is -0.344 e. The fourth-order valence-electron chi connectivity index (χ4n) is 9.21. The highest BCUT2D eigenvalue weighted by molar-refractivity contribution is 6.32. The van der Waals surface area contributed by atoms with E-state index >= 15 is 0 Å². The van der Waals surface area contributed by atoms with Gasteiger partial charge in [-0.05, 0) is 131 Å². The molecule has 2 aliphatic heterocycles. The summed E-state index contributed by atoms with van der Waals surface area (Å²) in [6, 6.07) is 27.0. The summed E-state index contributed by atoms with van der Waals surface area (Å²) < 4.78 is 2.58. The molecule has 4 nitrogen and oxygen atoms in total. The summed E-state index contributed by atoms with van der Waals surface area (Å²) in [5, 5.41) is 6.23. The maximum Gasteiger partial charge on any atom is 0.210 e. The molecule has 0 unspecified atom stereocenters. The molecule has 4 aromatic carbocycles. The smallest absolute Gasteiger partial charge is 0.210 e. The van der Waals surface area contributed by atoms with Gasteiger partial charge in [-0.3, -0.25) is 0 Å². The van der Waals surface area contributed by atoms with E-state index in [4.69, 9.17) is 11.6 Å². The third-order valence-electron chi connectivity index (χ3n) is 11.8. The van der Waals surface area contributed by atoms with Gasteiger partial charge in [0.15, 0.2) is 12.3 Å². The van der Waals surface area contributed by atoms with Crippen molar-refractivity contribution in [1.82, 2.24) is 9.80 Å². The summed E-state index contributed by atoms with van der Waals surface area (Å²) in [4.78, 5) is 7.14. The molecule has 5 heteroatoms. The van der Waals surface area contributed by atoms with Gasteiger partial charge in [-0.25, -0.2) is 0 Å². The van der Waals surface area contributed by atoms with Crippen molar-refractivity contribution >= 4 is 50.2 Å². The second-order valence-electron chi connectivity index (χ2n) is 16.9. The van der Waals surface area contributed by atoms with E-state index in [9.17, 15) is 0 Å². The molecule has 0 N–H and O–H groups in total. The highest BCUT2D eigenvalue weighted by Crippen LogP contribution is 2.51. The first-order valence-corrected chi connectivity index (χ1v) is 20.0. The molecule has 2 heterocycles. The summed E-state index contributed by atoms with van der Waals surface area (Å²) in [6.45, 7) is 13.7. The van der Waals surface area contributed by atoms with Crippen LogP contribution >= 0.6 is 11.6 Å². The number of anilines is 1. The zero-order valence-electron chi connectivity index (χ0n) is 33.3. The molecule has 0 bridgehead atoms. The summed E-state index contributed by atoms with van der Waals surface area (Å²) in [6.07, 6.45) is 14.7. The first-order valence-electron chi connectivity index (χ1n) is 19.6. The SMILES string of the molecule is CN(C)CCCN1C(=CC=C2CCCC(C=CC3=[N+](CCCN(C)C)c4ccc5ccccc5c4C3(C)C)=C2Cl)C(C)(C)c2c1ccc1ccccc21. The molecule has 0 fully saturated rings. The molecule has 0 spiro atoms. The molecule has 276 valence electrons. The Balaban J connectivity index is 1.25. The minimum absolute atomic E-state index is 0.140. The largest absolute Gasteiger partial charge is 0.344 e. The molecule has 0 amide bonds. The fraction of sp³-hybridized carbons (Fsp3) is 0.396. The lowest BCUT2D eigenvalue weighted by Gasteiger charge is -2.28. The number of rotatable bonds is 11. The van der Waals surface area contributed by atoms with E-state index in [1.807, 2.05) is 0 Å². The molecule has 7 rings (SSSR count). The molecular weight excluding hydrogens is 668 g/mol. The lowest BCUT2D eigenvalue weighted by molar-refractivity contribution is -0.438. The zero-order valence-corrected chi connectivity index (χ0v) is 34.0. The van der Waals surface area contributed by atoms with Crippen molar-refractivity contribution in [1.29, 1.82) is 0 Å². The predicted octanol–water partition coefficient (Wildman–Crippen LogP) is 11.1. The van der Waals surface area contributed by atoms with E-state index in [0.29, 0.717) is 0 Å². The summed E-state index contributed by atoms with van der Waals surface area (Å²) in [7, 11) is 8.65. The van der Waals surface area contributed by atoms with Crippen LogP contribution in [0, 0.1) is 0 Å². The summed E-state index contributed by atoms with van der Waals surface area (Å²) in [5.74, 6) is 0. The molecule has 0 saturated heterocycles. The van der Waals surface area contributed by atoms with Gasteiger partial charge in [0.25, 0.3) is 0 Å². The second kappa shape index (κ2) is 15.1. The van der Waals surface area contributed by atoms with Crippen molar-refractivity contribution in [3.05, 3.63) is 130 Å². The second-order valence-corrected chi connectivity index (χ2v) is 17.3. The summed E-state index contributed by atoms with van der Waals surface area (Å²) in [5.41, 5.74) is 10.4. The Kier molecular flexibility index (Phi) is 10.6. The van der Waals surface area contributed by atoms with Crippen LogP contribution in [-0.4, -0.2) is 74.5 Å². The molecule has 1 aliphatic carbocycles. The Morgan fingerprint density at radius 1 is 0.717 bits per heavy atom. The van der Waals surface area contributed by atoms with E-state index in [2.05, 4.69) is 172 Å². The van der Waals surface area contributed by atoms with Crippen molar-refractivity contribution in [3.63, 3.8) is 0 Å². The summed E-state index contributed by atoms with van der Waals surface area (Å²) >= 11 is 7.39. The monoisotopic (exact) mass is 725 g/mol. The molecule has 4 aromatic rings. The average Bonchev–Trinajstić information content (AvgIpc) is 3.48. The van der Waals surface area contributed by atoms with Crippen molar-refractivity contribution in [2.75, 3.05) is 59.3 Å². The van der Waals surface area contributed by atoms with E-state index in [0.717, 1.165) is 63.3 Å². The Hall–Kier alpha value is -3.96. The lowest BCUT2D eigenvalue weighted by atomic mass is 9.78. The number of fused-ring (bicyclic) bond motifs is 6. The van der Waals surface area contributed by atoms with Crippen LogP contribution in [0.5, 0.6) is 0 Å². The maximum atomic E-state index is 7.39. The standard InChI is InChI=1S/C48H58ClN4/c1-47(2)42(52(32-14-30-50(5)6)40-26-22-34-16-9-11-20-38(34)44(40)47)28-24-36-18-13-19-37(46(36)49)25-29-43-48(3,4)45-39-21-12-10-17-35(39)23-27-41(45)53(43)33-15-31-51(7)8/h9-12,16-17,20-29H,13-15,18-19,30-33H2,1-8H3/q+1. The third-order valence-corrected chi connectivity index (χ3v) is 12.3. The van der Waals surface area contributed by atoms with Crippen LogP contribution < -0.4 is 4.90 Å². The molecule has 0 saturated carbocycles. The number of hydrogen-bond acceptors (Lipinski definition) is 3. The van der Waals surface area contributed by atoms with Gasteiger partial charge in [-0.15, -0.1) is 0 Å². The Bertz CT molecular complexity index is 2190. The normalized spacial score (nSPS) is 19.7. The van der Waals surface area contributed by atoms with Crippen molar-refractivity contribution < 1.29 is 4.58 Å². The highest BCUT2D eigenvalue weighted by Gasteiger charge is 2.45. The van der Waals surface area contributed by atoms with Gasteiger partial charge in [0.1, 0.15) is 0 Å². The van der Waals surface area contributed by atoms with Gasteiger partial charge in [0, 0.05) is 59.0 Å². The quantitative estimate of drug-likeness (QED) is 0.143. The van der Waals surface area contributed by atoms with Crippen LogP contribution in [0.2, 0.25) is 0 Å². The van der Waals surface area contributed by atoms with Crippen LogP contribution in [0.4, 0.5) is 11.4 Å². The molecule has 53 heavy (non-hydrogen) atoms. The van der Waals surface area contributed by atoms with Crippen LogP contribution in [-0.2, 0) is 10.8 Å². The van der Waals surface area contributed by atoms with Crippen molar-refractivity contribution in [2.45, 2.75) is 70.6 Å². The Morgan fingerprint density at radius 2 is 1.36 bits per heavy atom. The predicted molar refractivity (Wildman–Crippen MR) is 229 cm³/mol. The van der Waals surface area contributed by atoms with E-state index < -0.39 is 0 Å². The van der Waals surface area contributed by atoms with E-state index in [1.165, 1.54) is 66.6 Å². The molecule has 0 radical (unpaired) electrons. The minimum atomic E-state index is -0.140. The first kappa shape index (κ1) is 37.4. The number of nitrogens with zero attached hydrogens (tertiary/aromatic N) is 4. The molecule has 0 atom stereocenters. The van der Waals surface area contributed by atoms with Crippen LogP contribution in [0.15, 0.2) is 119 Å². The van der Waals surface area contributed by atoms with Crippen molar-refractivity contribution in [2.24, 2.45) is 0 Å². The van der Waals surface area contributed by atoms with E-state index in [1.54, 1.807) is 0 Å². The maximum absolute atomic E-state index is 7.39. The van der Waals surface area contributed by atoms with Gasteiger partial charge in [0.2, 0.25) is 5.69 Å².